The van der Waals surface area contributed by atoms with E-state index in [9.17, 15) is 18.7 Å². The molecule has 0 bridgehead atoms. The molecule has 0 saturated heterocycles. The molecule has 0 atom stereocenters. The summed E-state index contributed by atoms with van der Waals surface area (Å²) >= 11 is 3.34. The highest BCUT2D eigenvalue weighted by Crippen LogP contribution is 2.23. The van der Waals surface area contributed by atoms with Crippen molar-refractivity contribution in [3.63, 3.8) is 0 Å². The number of hydrogen-bond acceptors (Lipinski definition) is 5. The Morgan fingerprint density at radius 3 is 2.59 bits per heavy atom. The largest absolute Gasteiger partial charge is 0.436 e. The monoisotopic (exact) mass is 499 g/mol. The summed E-state index contributed by atoms with van der Waals surface area (Å²) < 4.78 is 33.8. The van der Waals surface area contributed by atoms with Gasteiger partial charge in [0.15, 0.2) is 17.2 Å². The summed E-state index contributed by atoms with van der Waals surface area (Å²) in [6.07, 6.45) is 1.50. The van der Waals surface area contributed by atoms with E-state index in [2.05, 4.69) is 31.2 Å². The van der Waals surface area contributed by atoms with Crippen molar-refractivity contribution in [2.45, 2.75) is 13.5 Å². The summed E-state index contributed by atoms with van der Waals surface area (Å²) in [5.41, 5.74) is 1.82. The van der Waals surface area contributed by atoms with Crippen molar-refractivity contribution >= 4 is 44.2 Å². The van der Waals surface area contributed by atoms with E-state index in [-0.39, 0.29) is 23.4 Å². The number of halogens is 3. The summed E-state index contributed by atoms with van der Waals surface area (Å²) in [5.74, 6) is -2.62. The van der Waals surface area contributed by atoms with Crippen LogP contribution < -0.4 is 10.9 Å². The number of pyridine rings is 1. The maximum absolute atomic E-state index is 13.7. The summed E-state index contributed by atoms with van der Waals surface area (Å²) in [6.45, 7) is 1.39. The number of carbonyl (C=O) groups is 1. The number of fused-ring (bicyclic) bond motifs is 1. The van der Waals surface area contributed by atoms with Gasteiger partial charge >= 0.3 is 0 Å². The molecule has 0 fully saturated rings. The second kappa shape index (κ2) is 8.97. The van der Waals surface area contributed by atoms with E-state index < -0.39 is 17.5 Å². The number of hydrogen-bond donors (Lipinski definition) is 2. The van der Waals surface area contributed by atoms with Gasteiger partial charge in [-0.1, -0.05) is 15.9 Å². The lowest BCUT2D eigenvalue weighted by Gasteiger charge is -2.10. The molecular formula is C23H16BrF2N3O3. The van der Waals surface area contributed by atoms with E-state index in [1.165, 1.54) is 18.3 Å². The molecular weight excluding hydrogens is 484 g/mol. The second-order valence-corrected chi connectivity index (χ2v) is 7.82. The van der Waals surface area contributed by atoms with Gasteiger partial charge in [-0.15, -0.1) is 0 Å². The first kappa shape index (κ1) is 21.8. The van der Waals surface area contributed by atoms with Gasteiger partial charge in [-0.3, -0.25) is 9.78 Å². The van der Waals surface area contributed by atoms with E-state index in [0.29, 0.717) is 27.9 Å². The van der Waals surface area contributed by atoms with Crippen LogP contribution in [0.5, 0.6) is 0 Å². The van der Waals surface area contributed by atoms with Crippen molar-refractivity contribution in [2.24, 2.45) is 4.99 Å². The van der Waals surface area contributed by atoms with Crippen LogP contribution in [0.2, 0.25) is 0 Å². The maximum atomic E-state index is 13.7. The molecule has 32 heavy (non-hydrogen) atoms. The molecule has 4 rings (SSSR count). The molecule has 0 spiro atoms. The highest BCUT2D eigenvalue weighted by molar-refractivity contribution is 9.10. The quantitative estimate of drug-likeness (QED) is 0.406. The van der Waals surface area contributed by atoms with Gasteiger partial charge in [0.2, 0.25) is 5.55 Å². The number of benzene rings is 2. The third kappa shape index (κ3) is 4.44. The number of aliphatic hydroxyl groups excluding tert-OH is 1. The topological polar surface area (TPSA) is 87.7 Å². The zero-order chi connectivity index (χ0) is 22.8. The number of aliphatic hydroxyl groups is 1. The molecule has 2 N–H and O–H groups in total. The molecule has 2 aromatic heterocycles. The Kier molecular flexibility index (Phi) is 6.11. The number of amides is 1. The molecule has 0 aliphatic heterocycles. The molecule has 162 valence electrons. The van der Waals surface area contributed by atoms with Gasteiger partial charge in [-0.2, -0.15) is 0 Å². The van der Waals surface area contributed by atoms with E-state index in [4.69, 9.17) is 4.42 Å². The molecule has 2 heterocycles. The molecule has 1 amide bonds. The number of anilines is 1. The van der Waals surface area contributed by atoms with Gasteiger partial charge in [0.25, 0.3) is 5.91 Å². The normalized spacial score (nSPS) is 11.7. The molecule has 0 unspecified atom stereocenters. The Hall–Kier alpha value is -3.43. The van der Waals surface area contributed by atoms with Gasteiger partial charge in [-0.25, -0.2) is 13.8 Å². The van der Waals surface area contributed by atoms with Crippen LogP contribution in [0.4, 0.5) is 20.2 Å². The Balaban J connectivity index is 1.92. The second-order valence-electron chi connectivity index (χ2n) is 6.91. The van der Waals surface area contributed by atoms with Gasteiger partial charge < -0.3 is 14.8 Å². The zero-order valence-electron chi connectivity index (χ0n) is 16.7. The number of nitrogens with zero attached hydrogens (tertiary/aromatic N) is 2. The van der Waals surface area contributed by atoms with Crippen LogP contribution in [-0.2, 0) is 6.61 Å². The average molecular weight is 500 g/mol. The minimum absolute atomic E-state index is 0.0467. The summed E-state index contributed by atoms with van der Waals surface area (Å²) in [4.78, 5) is 21.5. The molecule has 0 aliphatic carbocycles. The maximum Gasteiger partial charge on any atom is 0.261 e. The van der Waals surface area contributed by atoms with Crippen LogP contribution in [0.3, 0.4) is 0 Å². The van der Waals surface area contributed by atoms with Crippen molar-refractivity contribution in [1.29, 1.82) is 0 Å². The summed E-state index contributed by atoms with van der Waals surface area (Å²) in [5, 5.41) is 12.9. The van der Waals surface area contributed by atoms with Crippen LogP contribution >= 0.6 is 15.9 Å². The smallest absolute Gasteiger partial charge is 0.261 e. The van der Waals surface area contributed by atoms with Gasteiger partial charge in [0.1, 0.15) is 5.56 Å². The molecule has 4 aromatic rings. The SMILES string of the molecule is Cc1ncc(CO)c2cc(C(=O)Nc3ccc(Br)cc3)c(=Nc3ccc(F)c(F)c3)oc12. The Morgan fingerprint density at radius 2 is 1.91 bits per heavy atom. The van der Waals surface area contributed by atoms with Crippen molar-refractivity contribution in [2.75, 3.05) is 5.32 Å². The molecule has 0 aliphatic rings. The van der Waals surface area contributed by atoms with Crippen LogP contribution in [0, 0.1) is 18.6 Å². The number of nitrogens with one attached hydrogen (secondary N) is 1. The van der Waals surface area contributed by atoms with E-state index >= 15 is 0 Å². The van der Waals surface area contributed by atoms with Crippen LogP contribution in [0.15, 0.2) is 68.6 Å². The van der Waals surface area contributed by atoms with Crippen molar-refractivity contribution < 1.29 is 23.1 Å². The fraction of sp³-hybridized carbons (Fsp3) is 0.0870. The van der Waals surface area contributed by atoms with Gasteiger partial charge in [0.05, 0.1) is 18.0 Å². The van der Waals surface area contributed by atoms with Crippen molar-refractivity contribution in [3.05, 3.63) is 93.2 Å². The lowest BCUT2D eigenvalue weighted by atomic mass is 10.1. The summed E-state index contributed by atoms with van der Waals surface area (Å²) in [7, 11) is 0. The minimum Gasteiger partial charge on any atom is -0.436 e. The lowest BCUT2D eigenvalue weighted by Crippen LogP contribution is -2.22. The van der Waals surface area contributed by atoms with Crippen molar-refractivity contribution in [3.8, 4) is 0 Å². The van der Waals surface area contributed by atoms with E-state index in [1.807, 2.05) is 0 Å². The van der Waals surface area contributed by atoms with Crippen molar-refractivity contribution in [1.82, 2.24) is 4.98 Å². The zero-order valence-corrected chi connectivity index (χ0v) is 18.3. The number of aryl methyl sites for hydroxylation is 1. The third-order valence-corrected chi connectivity index (χ3v) is 5.23. The number of carbonyl (C=O) groups excluding carboxylic acids is 1. The average Bonchev–Trinajstić information content (AvgIpc) is 2.78. The fourth-order valence-corrected chi connectivity index (χ4v) is 3.33. The molecule has 0 radical (unpaired) electrons. The first-order chi connectivity index (χ1) is 15.4. The van der Waals surface area contributed by atoms with Gasteiger partial charge in [0, 0.05) is 33.4 Å². The third-order valence-electron chi connectivity index (χ3n) is 4.70. The Bertz CT molecular complexity index is 1400. The summed E-state index contributed by atoms with van der Waals surface area (Å²) in [6, 6.07) is 11.6. The lowest BCUT2D eigenvalue weighted by molar-refractivity contribution is 0.102. The minimum atomic E-state index is -1.08. The van der Waals surface area contributed by atoms with E-state index in [1.54, 1.807) is 31.2 Å². The first-order valence-corrected chi connectivity index (χ1v) is 10.2. The molecule has 9 heteroatoms. The number of rotatable bonds is 4. The first-order valence-electron chi connectivity index (χ1n) is 9.45. The predicted molar refractivity (Wildman–Crippen MR) is 118 cm³/mol. The molecule has 0 saturated carbocycles. The van der Waals surface area contributed by atoms with E-state index in [0.717, 1.165) is 16.6 Å². The van der Waals surface area contributed by atoms with Crippen LogP contribution in [0.25, 0.3) is 11.0 Å². The predicted octanol–water partition coefficient (Wildman–Crippen LogP) is 5.15. The Morgan fingerprint density at radius 1 is 1.16 bits per heavy atom. The highest BCUT2D eigenvalue weighted by Gasteiger charge is 2.17. The fourth-order valence-electron chi connectivity index (χ4n) is 3.06. The highest BCUT2D eigenvalue weighted by atomic mass is 79.9. The molecule has 6 nitrogen and oxygen atoms in total. The standard InChI is InChI=1S/C23H16BrF2N3O3/c1-12-21-17(13(11-30)10-27-12)9-18(22(31)28-15-4-2-14(24)3-5-15)23(32-21)29-16-6-7-19(25)20(26)8-16/h2-10,30H,11H2,1H3,(H,28,31). The number of aromatic nitrogens is 1. The van der Waals surface area contributed by atoms with Crippen LogP contribution in [-0.4, -0.2) is 16.0 Å². The molecule has 2 aromatic carbocycles. The Labute approximate surface area is 189 Å². The van der Waals surface area contributed by atoms with Crippen LogP contribution in [0.1, 0.15) is 21.6 Å². The van der Waals surface area contributed by atoms with Gasteiger partial charge in [-0.05, 0) is 49.4 Å².